The average molecular weight is 365 g/mol. The third kappa shape index (κ3) is 3.14. The maximum Gasteiger partial charge on any atom is 0.266 e. The molecule has 0 unspecified atom stereocenters. The summed E-state index contributed by atoms with van der Waals surface area (Å²) in [6, 6.07) is 18.6. The maximum atomic E-state index is 13.1. The van der Waals surface area contributed by atoms with Crippen LogP contribution in [0.2, 0.25) is 5.02 Å². The predicted octanol–water partition coefficient (Wildman–Crippen LogP) is 5.27. The summed E-state index contributed by atoms with van der Waals surface area (Å²) in [6.45, 7) is 0. The van der Waals surface area contributed by atoms with Crippen molar-refractivity contribution in [2.75, 3.05) is 0 Å². The molecule has 4 aromatic rings. The zero-order valence-corrected chi connectivity index (χ0v) is 14.7. The molecule has 0 bridgehead atoms. The highest BCUT2D eigenvalue weighted by Crippen LogP contribution is 2.18. The molecule has 122 valence electrons. The van der Waals surface area contributed by atoms with Gasteiger partial charge in [0.25, 0.3) is 5.56 Å². The van der Waals surface area contributed by atoms with Crippen LogP contribution in [0.25, 0.3) is 28.7 Å². The van der Waals surface area contributed by atoms with E-state index in [1.54, 1.807) is 34.1 Å². The molecule has 0 atom stereocenters. The molecule has 2 aromatic heterocycles. The van der Waals surface area contributed by atoms with Gasteiger partial charge in [-0.2, -0.15) is 0 Å². The number of hydrogen-bond donors (Lipinski definition) is 0. The van der Waals surface area contributed by atoms with E-state index in [4.69, 9.17) is 11.6 Å². The van der Waals surface area contributed by atoms with Crippen molar-refractivity contribution in [2.45, 2.75) is 0 Å². The van der Waals surface area contributed by atoms with Crippen LogP contribution in [0.3, 0.4) is 0 Å². The fourth-order valence-electron chi connectivity index (χ4n) is 2.64. The molecule has 2 heterocycles. The van der Waals surface area contributed by atoms with Gasteiger partial charge in [-0.25, -0.2) is 4.98 Å². The van der Waals surface area contributed by atoms with Crippen molar-refractivity contribution in [3.8, 4) is 5.69 Å². The van der Waals surface area contributed by atoms with Gasteiger partial charge in [-0.05, 0) is 60.0 Å². The molecule has 2 aromatic carbocycles. The van der Waals surface area contributed by atoms with E-state index in [-0.39, 0.29) is 5.56 Å². The number of fused-ring (bicyclic) bond motifs is 1. The van der Waals surface area contributed by atoms with E-state index in [9.17, 15) is 4.79 Å². The van der Waals surface area contributed by atoms with Crippen molar-refractivity contribution in [3.63, 3.8) is 0 Å². The molecule has 5 heteroatoms. The van der Waals surface area contributed by atoms with Crippen LogP contribution in [0.4, 0.5) is 0 Å². The molecule has 0 aliphatic heterocycles. The Kier molecular flexibility index (Phi) is 4.22. The van der Waals surface area contributed by atoms with Crippen molar-refractivity contribution in [1.29, 1.82) is 0 Å². The molecular formula is C20H13ClN2OS. The molecule has 4 rings (SSSR count). The largest absolute Gasteiger partial charge is 0.268 e. The minimum atomic E-state index is -0.0984. The van der Waals surface area contributed by atoms with E-state index in [0.29, 0.717) is 21.7 Å². The van der Waals surface area contributed by atoms with Crippen molar-refractivity contribution in [1.82, 2.24) is 9.55 Å². The van der Waals surface area contributed by atoms with E-state index in [0.717, 1.165) is 10.6 Å². The highest BCUT2D eigenvalue weighted by atomic mass is 35.5. The minimum absolute atomic E-state index is 0.0984. The Morgan fingerprint density at radius 1 is 0.960 bits per heavy atom. The highest BCUT2D eigenvalue weighted by molar-refractivity contribution is 7.10. The van der Waals surface area contributed by atoms with Crippen LogP contribution in [-0.2, 0) is 0 Å². The first kappa shape index (κ1) is 15.8. The van der Waals surface area contributed by atoms with E-state index >= 15 is 0 Å². The Balaban J connectivity index is 1.97. The lowest BCUT2D eigenvalue weighted by Gasteiger charge is -2.11. The number of hydrogen-bond acceptors (Lipinski definition) is 3. The zero-order valence-electron chi connectivity index (χ0n) is 13.1. The Bertz CT molecular complexity index is 1110. The molecule has 25 heavy (non-hydrogen) atoms. The molecule has 3 nitrogen and oxygen atoms in total. The van der Waals surface area contributed by atoms with Crippen molar-refractivity contribution < 1.29 is 0 Å². The number of aromatic nitrogens is 2. The number of para-hydroxylation sites is 1. The van der Waals surface area contributed by atoms with Crippen LogP contribution >= 0.6 is 22.9 Å². The third-order valence-electron chi connectivity index (χ3n) is 3.83. The first-order chi connectivity index (χ1) is 12.2. The van der Waals surface area contributed by atoms with Crippen LogP contribution in [0.15, 0.2) is 70.8 Å². The van der Waals surface area contributed by atoms with Gasteiger partial charge in [0.2, 0.25) is 0 Å². The van der Waals surface area contributed by atoms with Gasteiger partial charge in [0.1, 0.15) is 5.82 Å². The van der Waals surface area contributed by atoms with Gasteiger partial charge in [-0.3, -0.25) is 9.36 Å². The van der Waals surface area contributed by atoms with E-state index < -0.39 is 0 Å². The van der Waals surface area contributed by atoms with E-state index in [2.05, 4.69) is 4.98 Å². The van der Waals surface area contributed by atoms with Crippen LogP contribution in [-0.4, -0.2) is 9.55 Å². The summed E-state index contributed by atoms with van der Waals surface area (Å²) in [4.78, 5) is 18.8. The van der Waals surface area contributed by atoms with Gasteiger partial charge in [-0.15, -0.1) is 11.3 Å². The van der Waals surface area contributed by atoms with Gasteiger partial charge in [-0.1, -0.05) is 29.8 Å². The quantitative estimate of drug-likeness (QED) is 0.496. The second-order valence-corrected chi connectivity index (χ2v) is 6.87. The topological polar surface area (TPSA) is 34.9 Å². The molecule has 0 N–H and O–H groups in total. The van der Waals surface area contributed by atoms with Gasteiger partial charge in [0.15, 0.2) is 0 Å². The van der Waals surface area contributed by atoms with Crippen molar-refractivity contribution in [2.24, 2.45) is 0 Å². The highest BCUT2D eigenvalue weighted by Gasteiger charge is 2.10. The molecule has 0 fully saturated rings. The number of benzene rings is 2. The minimum Gasteiger partial charge on any atom is -0.268 e. The maximum absolute atomic E-state index is 13.1. The molecule has 0 amide bonds. The second kappa shape index (κ2) is 6.67. The van der Waals surface area contributed by atoms with Gasteiger partial charge in [0, 0.05) is 9.90 Å². The molecule has 0 radical (unpaired) electrons. The summed E-state index contributed by atoms with van der Waals surface area (Å²) in [5.74, 6) is 0.583. The van der Waals surface area contributed by atoms with Crippen LogP contribution in [0, 0.1) is 0 Å². The summed E-state index contributed by atoms with van der Waals surface area (Å²) in [5, 5.41) is 3.23. The Morgan fingerprint density at radius 3 is 2.52 bits per heavy atom. The number of rotatable bonds is 3. The van der Waals surface area contributed by atoms with Crippen LogP contribution in [0.5, 0.6) is 0 Å². The Morgan fingerprint density at radius 2 is 1.76 bits per heavy atom. The summed E-state index contributed by atoms with van der Waals surface area (Å²) >= 11 is 7.62. The zero-order chi connectivity index (χ0) is 17.2. The van der Waals surface area contributed by atoms with Crippen molar-refractivity contribution in [3.05, 3.63) is 92.1 Å². The fourth-order valence-corrected chi connectivity index (χ4v) is 3.39. The summed E-state index contributed by atoms with van der Waals surface area (Å²) in [5.41, 5.74) is 1.32. The molecule has 0 saturated carbocycles. The van der Waals surface area contributed by atoms with Crippen LogP contribution in [0.1, 0.15) is 10.7 Å². The smallest absolute Gasteiger partial charge is 0.266 e. The monoisotopic (exact) mass is 364 g/mol. The molecule has 0 spiro atoms. The first-order valence-corrected chi connectivity index (χ1v) is 8.97. The summed E-state index contributed by atoms with van der Waals surface area (Å²) < 4.78 is 1.61. The Labute approximate surface area is 153 Å². The lowest BCUT2D eigenvalue weighted by atomic mass is 10.2. The van der Waals surface area contributed by atoms with E-state index in [1.165, 1.54) is 0 Å². The standard InChI is InChI=1S/C20H13ClN2OS/c21-14-7-9-15(10-8-14)23-19(12-11-16-4-3-13-25-16)22-18-6-2-1-5-17(18)20(23)24/h1-13H/b12-11+. The lowest BCUT2D eigenvalue weighted by Crippen LogP contribution is -2.22. The summed E-state index contributed by atoms with van der Waals surface area (Å²) in [7, 11) is 0. The second-order valence-electron chi connectivity index (χ2n) is 5.45. The summed E-state index contributed by atoms with van der Waals surface area (Å²) in [6.07, 6.45) is 3.84. The van der Waals surface area contributed by atoms with Gasteiger partial charge in [0.05, 0.1) is 16.6 Å². The first-order valence-electron chi connectivity index (χ1n) is 7.72. The third-order valence-corrected chi connectivity index (χ3v) is 4.92. The van der Waals surface area contributed by atoms with Gasteiger partial charge < -0.3 is 0 Å². The molecule has 0 aliphatic rings. The number of thiophene rings is 1. The van der Waals surface area contributed by atoms with E-state index in [1.807, 2.05) is 60.0 Å². The van der Waals surface area contributed by atoms with Crippen LogP contribution < -0.4 is 5.56 Å². The average Bonchev–Trinajstić information content (AvgIpc) is 3.15. The normalized spacial score (nSPS) is 11.4. The SMILES string of the molecule is O=c1c2ccccc2nc(/C=C/c2cccs2)n1-c1ccc(Cl)cc1. The Hall–Kier alpha value is -2.69. The lowest BCUT2D eigenvalue weighted by molar-refractivity contribution is 0.944. The fraction of sp³-hybridized carbons (Fsp3) is 0. The molecular weight excluding hydrogens is 352 g/mol. The molecule has 0 saturated heterocycles. The van der Waals surface area contributed by atoms with Gasteiger partial charge >= 0.3 is 0 Å². The number of halogens is 1. The number of nitrogens with zero attached hydrogens (tertiary/aromatic N) is 2. The predicted molar refractivity (Wildman–Crippen MR) is 106 cm³/mol. The van der Waals surface area contributed by atoms with Crippen molar-refractivity contribution >= 4 is 46.0 Å². The molecule has 0 aliphatic carbocycles.